The first kappa shape index (κ1) is 12.2. The van der Waals surface area contributed by atoms with E-state index in [0.717, 1.165) is 36.9 Å². The van der Waals surface area contributed by atoms with Gasteiger partial charge in [0.1, 0.15) is 0 Å². The predicted molar refractivity (Wildman–Crippen MR) is 64.9 cm³/mol. The van der Waals surface area contributed by atoms with Crippen molar-refractivity contribution >= 4 is 0 Å². The second kappa shape index (κ2) is 5.38. The molecule has 1 aromatic rings. The van der Waals surface area contributed by atoms with Gasteiger partial charge in [-0.05, 0) is 43.7 Å². The molecule has 0 amide bonds. The first-order valence-corrected chi connectivity index (χ1v) is 6.09. The van der Waals surface area contributed by atoms with Crippen LogP contribution in [0.3, 0.4) is 0 Å². The maximum Gasteiger partial charge on any atom is 0.160 e. The summed E-state index contributed by atoms with van der Waals surface area (Å²) in [6.45, 7) is 3.44. The molecule has 0 heterocycles. The van der Waals surface area contributed by atoms with Crippen molar-refractivity contribution < 1.29 is 15.1 Å². The quantitative estimate of drug-likeness (QED) is 0.424. The van der Waals surface area contributed by atoms with E-state index in [4.69, 9.17) is 4.84 Å². The van der Waals surface area contributed by atoms with Crippen LogP contribution < -0.4 is 5.48 Å². The molecule has 0 fully saturated rings. The highest BCUT2D eigenvalue weighted by atomic mass is 16.6. The molecule has 0 radical (unpaired) electrons. The molecular formula is C13H19NO3. The van der Waals surface area contributed by atoms with Gasteiger partial charge in [0.2, 0.25) is 0 Å². The molecule has 0 saturated carbocycles. The molecule has 2 rings (SSSR count). The Labute approximate surface area is 101 Å². The fourth-order valence-corrected chi connectivity index (χ4v) is 2.35. The molecule has 17 heavy (non-hydrogen) atoms. The third kappa shape index (κ3) is 2.70. The second-order valence-electron chi connectivity index (χ2n) is 4.46. The van der Waals surface area contributed by atoms with Crippen molar-refractivity contribution in [1.82, 2.24) is 5.48 Å². The predicted octanol–water partition coefficient (Wildman–Crippen LogP) is 1.74. The number of benzene rings is 1. The van der Waals surface area contributed by atoms with Crippen molar-refractivity contribution in [3.63, 3.8) is 0 Å². The highest BCUT2D eigenvalue weighted by Crippen LogP contribution is 2.37. The lowest BCUT2D eigenvalue weighted by Gasteiger charge is -2.25. The lowest BCUT2D eigenvalue weighted by molar-refractivity contribution is 0.0401. The van der Waals surface area contributed by atoms with Crippen molar-refractivity contribution in [1.29, 1.82) is 0 Å². The van der Waals surface area contributed by atoms with E-state index in [1.807, 2.05) is 13.0 Å². The number of phenolic OH excluding ortho intramolecular Hbond substituents is 2. The van der Waals surface area contributed by atoms with Crippen LogP contribution in [0, 0.1) is 5.92 Å². The number of hydrogen-bond donors (Lipinski definition) is 3. The van der Waals surface area contributed by atoms with Gasteiger partial charge in [0, 0.05) is 12.1 Å². The molecule has 0 aliphatic heterocycles. The van der Waals surface area contributed by atoms with Gasteiger partial charge in [-0.1, -0.05) is 6.07 Å². The molecule has 94 valence electrons. The molecule has 1 aliphatic rings. The summed E-state index contributed by atoms with van der Waals surface area (Å²) in [7, 11) is 0. The Hall–Kier alpha value is -1.26. The van der Waals surface area contributed by atoms with E-state index in [2.05, 4.69) is 5.48 Å². The molecule has 1 unspecified atom stereocenters. The first-order valence-electron chi connectivity index (χ1n) is 6.09. The van der Waals surface area contributed by atoms with Gasteiger partial charge in [-0.2, -0.15) is 0 Å². The van der Waals surface area contributed by atoms with Crippen LogP contribution in [0.1, 0.15) is 24.5 Å². The lowest BCUT2D eigenvalue weighted by atomic mass is 9.83. The van der Waals surface area contributed by atoms with E-state index >= 15 is 0 Å². The Balaban J connectivity index is 2.02. The maximum absolute atomic E-state index is 9.75. The summed E-state index contributed by atoms with van der Waals surface area (Å²) in [5.74, 6) is 0.561. The lowest BCUT2D eigenvalue weighted by Crippen LogP contribution is -2.27. The van der Waals surface area contributed by atoms with Crippen LogP contribution in [-0.2, 0) is 17.7 Å². The normalized spacial score (nSPS) is 19.0. The Morgan fingerprint density at radius 1 is 1.41 bits per heavy atom. The zero-order valence-electron chi connectivity index (χ0n) is 10.1. The Morgan fingerprint density at radius 2 is 2.24 bits per heavy atom. The van der Waals surface area contributed by atoms with Crippen LogP contribution in [0.25, 0.3) is 0 Å². The summed E-state index contributed by atoms with van der Waals surface area (Å²) in [4.78, 5) is 5.13. The van der Waals surface area contributed by atoms with Crippen molar-refractivity contribution in [2.24, 2.45) is 5.92 Å². The summed E-state index contributed by atoms with van der Waals surface area (Å²) in [5.41, 5.74) is 4.98. The molecule has 0 spiro atoms. The van der Waals surface area contributed by atoms with E-state index in [1.54, 1.807) is 6.07 Å². The highest BCUT2D eigenvalue weighted by molar-refractivity contribution is 5.50. The minimum atomic E-state index is -0.0189. The van der Waals surface area contributed by atoms with Gasteiger partial charge in [-0.3, -0.25) is 0 Å². The summed E-state index contributed by atoms with van der Waals surface area (Å²) in [5, 5.41) is 19.2. The Morgan fingerprint density at radius 3 is 3.00 bits per heavy atom. The largest absolute Gasteiger partial charge is 0.504 e. The van der Waals surface area contributed by atoms with E-state index in [0.29, 0.717) is 12.5 Å². The molecule has 3 N–H and O–H groups in total. The van der Waals surface area contributed by atoms with Crippen LogP contribution in [-0.4, -0.2) is 23.4 Å². The van der Waals surface area contributed by atoms with Gasteiger partial charge in [0.15, 0.2) is 11.5 Å². The molecule has 4 nitrogen and oxygen atoms in total. The Bertz CT molecular complexity index is 392. The molecule has 0 bridgehead atoms. The maximum atomic E-state index is 9.75. The minimum absolute atomic E-state index is 0.0189. The monoisotopic (exact) mass is 237 g/mol. The molecule has 4 heteroatoms. The molecule has 0 saturated heterocycles. The number of aromatic hydroxyl groups is 2. The number of rotatable bonds is 4. The van der Waals surface area contributed by atoms with Gasteiger partial charge in [0.05, 0.1) is 6.61 Å². The first-order chi connectivity index (χ1) is 8.22. The highest BCUT2D eigenvalue weighted by Gasteiger charge is 2.22. The fourth-order valence-electron chi connectivity index (χ4n) is 2.35. The smallest absolute Gasteiger partial charge is 0.160 e. The number of hydroxylamine groups is 1. The average molecular weight is 237 g/mol. The Kier molecular flexibility index (Phi) is 3.86. The van der Waals surface area contributed by atoms with Crippen molar-refractivity contribution in [3.8, 4) is 11.5 Å². The van der Waals surface area contributed by atoms with Gasteiger partial charge in [-0.25, -0.2) is 5.48 Å². The van der Waals surface area contributed by atoms with Gasteiger partial charge >= 0.3 is 0 Å². The van der Waals surface area contributed by atoms with Crippen LogP contribution >= 0.6 is 0 Å². The fraction of sp³-hybridized carbons (Fsp3) is 0.538. The number of hydrogen-bond acceptors (Lipinski definition) is 4. The number of fused-ring (bicyclic) bond motifs is 1. The van der Waals surface area contributed by atoms with Crippen LogP contribution in [0.15, 0.2) is 12.1 Å². The van der Waals surface area contributed by atoms with Gasteiger partial charge in [-0.15, -0.1) is 0 Å². The summed E-state index contributed by atoms with van der Waals surface area (Å²) in [6.07, 6.45) is 2.74. The van der Waals surface area contributed by atoms with Gasteiger partial charge < -0.3 is 15.1 Å². The van der Waals surface area contributed by atoms with Crippen molar-refractivity contribution in [2.45, 2.75) is 26.2 Å². The van der Waals surface area contributed by atoms with E-state index < -0.39 is 0 Å². The zero-order valence-corrected chi connectivity index (χ0v) is 10.1. The second-order valence-corrected chi connectivity index (χ2v) is 4.46. The third-order valence-corrected chi connectivity index (χ3v) is 3.29. The van der Waals surface area contributed by atoms with Crippen molar-refractivity contribution in [3.05, 3.63) is 23.3 Å². The molecular weight excluding hydrogens is 218 g/mol. The van der Waals surface area contributed by atoms with E-state index in [1.165, 1.54) is 0 Å². The summed E-state index contributed by atoms with van der Waals surface area (Å²) < 4.78 is 0. The van der Waals surface area contributed by atoms with Crippen molar-refractivity contribution in [2.75, 3.05) is 13.2 Å². The van der Waals surface area contributed by atoms with Crippen LogP contribution in [0.4, 0.5) is 0 Å². The summed E-state index contributed by atoms with van der Waals surface area (Å²) >= 11 is 0. The number of nitrogens with one attached hydrogen (secondary N) is 1. The van der Waals surface area contributed by atoms with Gasteiger partial charge in [0.25, 0.3) is 0 Å². The minimum Gasteiger partial charge on any atom is -0.504 e. The topological polar surface area (TPSA) is 61.7 Å². The molecule has 1 atom stereocenters. The van der Waals surface area contributed by atoms with Crippen LogP contribution in [0.5, 0.6) is 11.5 Å². The average Bonchev–Trinajstić information content (AvgIpc) is 2.34. The number of phenols is 2. The molecule has 1 aromatic carbocycles. The molecule has 0 aromatic heterocycles. The third-order valence-electron chi connectivity index (χ3n) is 3.29. The summed E-state index contributed by atoms with van der Waals surface area (Å²) in [6, 6.07) is 3.46. The standard InChI is InChI=1S/C13H19NO3/c1-2-17-14-8-9-3-5-11-10(7-9)4-6-12(15)13(11)16/h4,6,9,14-16H,2-3,5,7-8H2,1H3. The molecule has 1 aliphatic carbocycles. The van der Waals surface area contributed by atoms with E-state index in [9.17, 15) is 10.2 Å². The zero-order chi connectivity index (χ0) is 12.3. The SMILES string of the molecule is CCONCC1CCc2c(ccc(O)c2O)C1. The van der Waals surface area contributed by atoms with E-state index in [-0.39, 0.29) is 11.5 Å². The van der Waals surface area contributed by atoms with Crippen LogP contribution in [0.2, 0.25) is 0 Å².